The molecule has 1 aromatic heterocycles. The van der Waals surface area contributed by atoms with E-state index in [4.69, 9.17) is 0 Å². The summed E-state index contributed by atoms with van der Waals surface area (Å²) in [4.78, 5) is 0. The van der Waals surface area contributed by atoms with Crippen molar-refractivity contribution in [2.45, 2.75) is 19.9 Å². The zero-order valence-electron chi connectivity index (χ0n) is 8.46. The van der Waals surface area contributed by atoms with Gasteiger partial charge in [-0.05, 0) is 32.0 Å². The highest BCUT2D eigenvalue weighted by Gasteiger charge is 1.94. The molecule has 1 N–H and O–H groups in total. The van der Waals surface area contributed by atoms with E-state index in [2.05, 4.69) is 54.3 Å². The van der Waals surface area contributed by atoms with Gasteiger partial charge in [-0.1, -0.05) is 12.2 Å². The van der Waals surface area contributed by atoms with Gasteiger partial charge < -0.3 is 9.88 Å². The molecule has 0 saturated heterocycles. The zero-order valence-corrected chi connectivity index (χ0v) is 8.46. The fraction of sp³-hybridized carbons (Fsp3) is 0.455. The Morgan fingerprint density at radius 1 is 1.54 bits per heavy atom. The van der Waals surface area contributed by atoms with Gasteiger partial charge in [0.15, 0.2) is 0 Å². The van der Waals surface area contributed by atoms with Crippen LogP contribution in [-0.2, 0) is 13.6 Å². The number of rotatable bonds is 5. The molecular formula is C11H18N2. The van der Waals surface area contributed by atoms with Crippen molar-refractivity contribution in [2.24, 2.45) is 7.05 Å². The van der Waals surface area contributed by atoms with E-state index in [9.17, 15) is 0 Å². The lowest BCUT2D eigenvalue weighted by Gasteiger charge is -2.04. The van der Waals surface area contributed by atoms with Gasteiger partial charge in [0.25, 0.3) is 0 Å². The fourth-order valence-corrected chi connectivity index (χ4v) is 1.25. The van der Waals surface area contributed by atoms with E-state index < -0.39 is 0 Å². The van der Waals surface area contributed by atoms with Gasteiger partial charge in [-0.25, -0.2) is 0 Å². The van der Waals surface area contributed by atoms with Gasteiger partial charge in [0, 0.05) is 25.5 Å². The molecule has 0 saturated carbocycles. The molecule has 0 aliphatic heterocycles. The molecule has 0 fully saturated rings. The van der Waals surface area contributed by atoms with Crippen molar-refractivity contribution in [3.63, 3.8) is 0 Å². The van der Waals surface area contributed by atoms with Crippen molar-refractivity contribution in [2.75, 3.05) is 6.54 Å². The Balaban J connectivity index is 2.16. The van der Waals surface area contributed by atoms with E-state index in [1.54, 1.807) is 0 Å². The summed E-state index contributed by atoms with van der Waals surface area (Å²) in [5.74, 6) is 0. The monoisotopic (exact) mass is 178 g/mol. The maximum Gasteiger partial charge on any atom is 0.0359 e. The lowest BCUT2D eigenvalue weighted by molar-refractivity contribution is 0.658. The van der Waals surface area contributed by atoms with Gasteiger partial charge in [0.05, 0.1) is 0 Å². The maximum atomic E-state index is 3.39. The van der Waals surface area contributed by atoms with Crippen LogP contribution in [0.4, 0.5) is 0 Å². The molecule has 0 aliphatic carbocycles. The average Bonchev–Trinajstić information content (AvgIpc) is 2.52. The molecule has 72 valence electrons. The molecule has 1 rings (SSSR count). The topological polar surface area (TPSA) is 17.0 Å². The summed E-state index contributed by atoms with van der Waals surface area (Å²) in [5.41, 5.74) is 1.33. The lowest BCUT2D eigenvalue weighted by atomic mass is 10.3. The van der Waals surface area contributed by atoms with Crippen LogP contribution < -0.4 is 5.32 Å². The Morgan fingerprint density at radius 3 is 3.00 bits per heavy atom. The van der Waals surface area contributed by atoms with E-state index in [1.807, 2.05) is 0 Å². The smallest absolute Gasteiger partial charge is 0.0359 e. The molecule has 0 aromatic carbocycles. The molecule has 1 aromatic rings. The number of hydrogen-bond acceptors (Lipinski definition) is 1. The second-order valence-electron chi connectivity index (χ2n) is 3.14. The van der Waals surface area contributed by atoms with Crippen LogP contribution in [0, 0.1) is 0 Å². The largest absolute Gasteiger partial charge is 0.353 e. The van der Waals surface area contributed by atoms with Crippen molar-refractivity contribution >= 4 is 0 Å². The standard InChI is InChI=1S/C11H18N2/c1-3-4-5-8-12-10-11-7-6-9-13(11)2/h3-4,6-7,9,12H,5,8,10H2,1-2H3/b4-3+. The predicted molar refractivity (Wildman–Crippen MR) is 56.6 cm³/mol. The zero-order chi connectivity index (χ0) is 9.52. The highest BCUT2D eigenvalue weighted by Crippen LogP contribution is 1.98. The third-order valence-electron chi connectivity index (χ3n) is 2.08. The van der Waals surface area contributed by atoms with Crippen molar-refractivity contribution in [3.8, 4) is 0 Å². The minimum atomic E-state index is 0.959. The van der Waals surface area contributed by atoms with Crippen LogP contribution in [0.25, 0.3) is 0 Å². The number of allylic oxidation sites excluding steroid dienone is 1. The van der Waals surface area contributed by atoms with Gasteiger partial charge in [-0.3, -0.25) is 0 Å². The first-order valence-corrected chi connectivity index (χ1v) is 4.76. The van der Waals surface area contributed by atoms with Gasteiger partial charge >= 0.3 is 0 Å². The van der Waals surface area contributed by atoms with Crippen LogP contribution >= 0.6 is 0 Å². The first kappa shape index (κ1) is 10.1. The Labute approximate surface area is 80.3 Å². The van der Waals surface area contributed by atoms with Crippen molar-refractivity contribution in [1.82, 2.24) is 9.88 Å². The number of aryl methyl sites for hydroxylation is 1. The minimum absolute atomic E-state index is 0.959. The van der Waals surface area contributed by atoms with Gasteiger partial charge in [-0.2, -0.15) is 0 Å². The summed E-state index contributed by atoms with van der Waals surface area (Å²) in [6, 6.07) is 4.21. The van der Waals surface area contributed by atoms with E-state index >= 15 is 0 Å². The van der Waals surface area contributed by atoms with Crippen molar-refractivity contribution in [1.29, 1.82) is 0 Å². The summed E-state index contributed by atoms with van der Waals surface area (Å²) in [7, 11) is 2.07. The summed E-state index contributed by atoms with van der Waals surface area (Å²) < 4.78 is 2.14. The molecule has 13 heavy (non-hydrogen) atoms. The fourth-order valence-electron chi connectivity index (χ4n) is 1.25. The molecule has 2 heteroatoms. The van der Waals surface area contributed by atoms with Gasteiger partial charge in [0.1, 0.15) is 0 Å². The number of hydrogen-bond donors (Lipinski definition) is 1. The molecule has 0 radical (unpaired) electrons. The minimum Gasteiger partial charge on any atom is -0.353 e. The third-order valence-corrected chi connectivity index (χ3v) is 2.08. The molecule has 1 heterocycles. The average molecular weight is 178 g/mol. The van der Waals surface area contributed by atoms with E-state index in [0.29, 0.717) is 0 Å². The Kier molecular flexibility index (Phi) is 4.33. The normalized spacial score (nSPS) is 11.2. The molecule has 0 amide bonds. The molecule has 0 spiro atoms. The Bertz CT molecular complexity index is 261. The molecule has 0 unspecified atom stereocenters. The summed E-state index contributed by atoms with van der Waals surface area (Å²) >= 11 is 0. The summed E-state index contributed by atoms with van der Waals surface area (Å²) in [5, 5.41) is 3.39. The number of nitrogens with zero attached hydrogens (tertiary/aromatic N) is 1. The first-order valence-electron chi connectivity index (χ1n) is 4.76. The quantitative estimate of drug-likeness (QED) is 0.539. The van der Waals surface area contributed by atoms with Crippen LogP contribution in [0.5, 0.6) is 0 Å². The predicted octanol–water partition coefficient (Wildman–Crippen LogP) is 2.08. The van der Waals surface area contributed by atoms with Crippen LogP contribution in [0.3, 0.4) is 0 Å². The van der Waals surface area contributed by atoms with Gasteiger partial charge in [0.2, 0.25) is 0 Å². The van der Waals surface area contributed by atoms with Crippen LogP contribution in [-0.4, -0.2) is 11.1 Å². The maximum absolute atomic E-state index is 3.39. The number of nitrogens with one attached hydrogen (secondary N) is 1. The highest BCUT2D eigenvalue weighted by molar-refractivity contribution is 5.05. The van der Waals surface area contributed by atoms with Crippen molar-refractivity contribution in [3.05, 3.63) is 36.2 Å². The second-order valence-corrected chi connectivity index (χ2v) is 3.14. The second kappa shape index (κ2) is 5.60. The third kappa shape index (κ3) is 3.47. The summed E-state index contributed by atoms with van der Waals surface area (Å²) in [6.07, 6.45) is 7.45. The van der Waals surface area contributed by atoms with E-state index in [0.717, 1.165) is 19.5 Å². The highest BCUT2D eigenvalue weighted by atomic mass is 15.0. The Morgan fingerprint density at radius 2 is 2.38 bits per heavy atom. The van der Waals surface area contributed by atoms with Crippen molar-refractivity contribution < 1.29 is 0 Å². The molecule has 0 atom stereocenters. The van der Waals surface area contributed by atoms with E-state index in [-0.39, 0.29) is 0 Å². The van der Waals surface area contributed by atoms with Gasteiger partial charge in [-0.15, -0.1) is 0 Å². The Hall–Kier alpha value is -1.02. The van der Waals surface area contributed by atoms with Crippen LogP contribution in [0.2, 0.25) is 0 Å². The molecule has 0 aliphatic rings. The van der Waals surface area contributed by atoms with E-state index in [1.165, 1.54) is 5.69 Å². The molecular weight excluding hydrogens is 160 g/mol. The lowest BCUT2D eigenvalue weighted by Crippen LogP contribution is -2.15. The molecule has 0 bridgehead atoms. The van der Waals surface area contributed by atoms with Crippen LogP contribution in [0.1, 0.15) is 19.0 Å². The number of aromatic nitrogens is 1. The summed E-state index contributed by atoms with van der Waals surface area (Å²) in [6.45, 7) is 4.06. The van der Waals surface area contributed by atoms with Crippen LogP contribution in [0.15, 0.2) is 30.5 Å². The SMILES string of the molecule is C/C=C/CCNCc1cccn1C. The molecule has 2 nitrogen and oxygen atoms in total. The first-order chi connectivity index (χ1) is 6.34.